The summed E-state index contributed by atoms with van der Waals surface area (Å²) >= 11 is 5.85. The van der Waals surface area contributed by atoms with Crippen molar-refractivity contribution in [2.45, 2.75) is 64.2 Å². The van der Waals surface area contributed by atoms with Gasteiger partial charge in [0.15, 0.2) is 0 Å². The van der Waals surface area contributed by atoms with Crippen molar-refractivity contribution < 1.29 is 0 Å². The van der Waals surface area contributed by atoms with Crippen LogP contribution in [-0.2, 0) is 0 Å². The Hall–Kier alpha value is 0.0300. The van der Waals surface area contributed by atoms with E-state index in [1.807, 2.05) is 0 Å². The van der Waals surface area contributed by atoms with Gasteiger partial charge in [0.2, 0.25) is 0 Å². The molecule has 0 bridgehead atoms. The van der Waals surface area contributed by atoms with Crippen molar-refractivity contribution in [1.82, 2.24) is 0 Å². The fourth-order valence-electron chi connectivity index (χ4n) is 1.38. The van der Waals surface area contributed by atoms with Crippen LogP contribution < -0.4 is 0 Å². The predicted octanol–water partition coefficient (Wildman–Crippen LogP) is 4.92. The molecule has 0 fully saturated rings. The van der Waals surface area contributed by atoms with E-state index >= 15 is 0 Å². The molecular formula is C12H23Cl. The van der Waals surface area contributed by atoms with E-state index in [0.29, 0.717) is 5.38 Å². The van der Waals surface area contributed by atoms with Gasteiger partial charge in [-0.1, -0.05) is 37.8 Å². The third-order valence-corrected chi connectivity index (χ3v) is 2.43. The van der Waals surface area contributed by atoms with Crippen LogP contribution >= 0.6 is 11.6 Å². The largest absolute Gasteiger partial charge is 0.123 e. The molecule has 0 nitrogen and oxygen atoms in total. The number of rotatable bonds is 8. The fraction of sp³-hybridized carbons (Fsp3) is 0.833. The van der Waals surface area contributed by atoms with Gasteiger partial charge in [0.05, 0.1) is 0 Å². The van der Waals surface area contributed by atoms with Crippen molar-refractivity contribution in [3.8, 4) is 0 Å². The molecule has 1 unspecified atom stereocenters. The number of halogens is 1. The van der Waals surface area contributed by atoms with Crippen LogP contribution in [0.5, 0.6) is 0 Å². The molecule has 0 N–H and O–H groups in total. The van der Waals surface area contributed by atoms with Crippen LogP contribution in [0.3, 0.4) is 0 Å². The lowest BCUT2D eigenvalue weighted by Crippen LogP contribution is -1.89. The summed E-state index contributed by atoms with van der Waals surface area (Å²) in [6.07, 6.45) is 13.6. The Kier molecular flexibility index (Phi) is 10.1. The Morgan fingerprint density at radius 2 is 1.69 bits per heavy atom. The minimum absolute atomic E-state index is 0.364. The van der Waals surface area contributed by atoms with Gasteiger partial charge in [0.25, 0.3) is 0 Å². The Labute approximate surface area is 88.4 Å². The Balaban J connectivity index is 2.91. The number of unbranched alkanes of at least 4 members (excludes halogenated alkanes) is 5. The van der Waals surface area contributed by atoms with Crippen LogP contribution in [0.2, 0.25) is 0 Å². The molecule has 0 saturated carbocycles. The first-order valence-electron chi connectivity index (χ1n) is 5.52. The highest BCUT2D eigenvalue weighted by atomic mass is 35.5. The zero-order chi connectivity index (χ0) is 9.94. The molecule has 78 valence electrons. The first-order valence-corrected chi connectivity index (χ1v) is 5.96. The van der Waals surface area contributed by atoms with Gasteiger partial charge in [-0.3, -0.25) is 0 Å². The molecule has 0 aromatic carbocycles. The van der Waals surface area contributed by atoms with E-state index in [2.05, 4.69) is 26.0 Å². The molecule has 0 heterocycles. The molecule has 0 radical (unpaired) electrons. The van der Waals surface area contributed by atoms with E-state index in [-0.39, 0.29) is 0 Å². The zero-order valence-corrected chi connectivity index (χ0v) is 9.82. The fourth-order valence-corrected chi connectivity index (χ4v) is 1.54. The lowest BCUT2D eigenvalue weighted by atomic mass is 10.1. The molecule has 0 aliphatic heterocycles. The van der Waals surface area contributed by atoms with Crippen molar-refractivity contribution in [2.75, 3.05) is 0 Å². The monoisotopic (exact) mass is 202 g/mol. The maximum atomic E-state index is 5.85. The van der Waals surface area contributed by atoms with Crippen molar-refractivity contribution in [1.29, 1.82) is 0 Å². The maximum absolute atomic E-state index is 5.85. The number of allylic oxidation sites excluding steroid dienone is 2. The zero-order valence-electron chi connectivity index (χ0n) is 9.06. The number of hydrogen-bond donors (Lipinski definition) is 0. The third-order valence-electron chi connectivity index (χ3n) is 2.21. The van der Waals surface area contributed by atoms with Gasteiger partial charge in [-0.05, 0) is 33.1 Å². The van der Waals surface area contributed by atoms with E-state index < -0.39 is 0 Å². The minimum atomic E-state index is 0.364. The van der Waals surface area contributed by atoms with Crippen molar-refractivity contribution in [3.63, 3.8) is 0 Å². The quantitative estimate of drug-likeness (QED) is 0.298. The smallest absolute Gasteiger partial charge is 0.0307 e. The molecule has 1 heteroatoms. The lowest BCUT2D eigenvalue weighted by molar-refractivity contribution is 0.594. The summed E-state index contributed by atoms with van der Waals surface area (Å²) in [4.78, 5) is 0. The van der Waals surface area contributed by atoms with Crippen LogP contribution in [0.15, 0.2) is 12.2 Å². The van der Waals surface area contributed by atoms with E-state index in [9.17, 15) is 0 Å². The highest BCUT2D eigenvalue weighted by Gasteiger charge is 1.95. The SMILES string of the molecule is CC=CCCCCCCCC(C)Cl. The lowest BCUT2D eigenvalue weighted by Gasteiger charge is -2.02. The highest BCUT2D eigenvalue weighted by molar-refractivity contribution is 6.20. The molecule has 0 aliphatic carbocycles. The van der Waals surface area contributed by atoms with Gasteiger partial charge >= 0.3 is 0 Å². The highest BCUT2D eigenvalue weighted by Crippen LogP contribution is 2.11. The van der Waals surface area contributed by atoms with Gasteiger partial charge in [-0.25, -0.2) is 0 Å². The summed E-state index contributed by atoms with van der Waals surface area (Å²) in [6.45, 7) is 4.16. The van der Waals surface area contributed by atoms with Crippen LogP contribution in [0.25, 0.3) is 0 Å². The molecule has 0 aliphatic rings. The maximum Gasteiger partial charge on any atom is 0.0307 e. The Morgan fingerprint density at radius 1 is 1.08 bits per heavy atom. The molecule has 13 heavy (non-hydrogen) atoms. The predicted molar refractivity (Wildman–Crippen MR) is 62.4 cm³/mol. The van der Waals surface area contributed by atoms with Gasteiger partial charge in [-0.15, -0.1) is 11.6 Å². The van der Waals surface area contributed by atoms with Crippen molar-refractivity contribution in [3.05, 3.63) is 12.2 Å². The number of alkyl halides is 1. The van der Waals surface area contributed by atoms with Crippen LogP contribution in [0, 0.1) is 0 Å². The molecule has 1 atom stereocenters. The number of hydrogen-bond acceptors (Lipinski definition) is 0. The van der Waals surface area contributed by atoms with Gasteiger partial charge in [-0.2, -0.15) is 0 Å². The summed E-state index contributed by atoms with van der Waals surface area (Å²) in [7, 11) is 0. The summed E-state index contributed by atoms with van der Waals surface area (Å²) in [5, 5.41) is 0.364. The van der Waals surface area contributed by atoms with E-state index in [4.69, 9.17) is 11.6 Å². The summed E-state index contributed by atoms with van der Waals surface area (Å²) in [6, 6.07) is 0. The minimum Gasteiger partial charge on any atom is -0.123 e. The summed E-state index contributed by atoms with van der Waals surface area (Å²) in [5.41, 5.74) is 0. The van der Waals surface area contributed by atoms with Gasteiger partial charge in [0, 0.05) is 5.38 Å². The Morgan fingerprint density at radius 3 is 2.31 bits per heavy atom. The summed E-state index contributed by atoms with van der Waals surface area (Å²) in [5.74, 6) is 0. The van der Waals surface area contributed by atoms with E-state index in [0.717, 1.165) is 0 Å². The molecule has 0 aromatic heterocycles. The topological polar surface area (TPSA) is 0 Å². The molecule has 0 spiro atoms. The molecule has 0 saturated heterocycles. The molecule has 0 amide bonds. The second kappa shape index (κ2) is 10.1. The molecular weight excluding hydrogens is 180 g/mol. The first-order chi connectivity index (χ1) is 6.27. The Bertz CT molecular complexity index is 116. The van der Waals surface area contributed by atoms with Crippen molar-refractivity contribution in [2.24, 2.45) is 0 Å². The molecule has 0 rings (SSSR count). The first kappa shape index (κ1) is 13.0. The summed E-state index contributed by atoms with van der Waals surface area (Å²) < 4.78 is 0. The van der Waals surface area contributed by atoms with E-state index in [1.165, 1.54) is 44.9 Å². The normalized spacial score (nSPS) is 13.8. The van der Waals surface area contributed by atoms with Crippen molar-refractivity contribution >= 4 is 11.6 Å². The molecule has 0 aromatic rings. The van der Waals surface area contributed by atoms with Crippen LogP contribution in [0.1, 0.15) is 58.8 Å². The van der Waals surface area contributed by atoms with Gasteiger partial charge < -0.3 is 0 Å². The average molecular weight is 203 g/mol. The van der Waals surface area contributed by atoms with E-state index in [1.54, 1.807) is 0 Å². The van der Waals surface area contributed by atoms with Crippen LogP contribution in [0.4, 0.5) is 0 Å². The second-order valence-corrected chi connectivity index (χ2v) is 4.44. The standard InChI is InChI=1S/C12H23Cl/c1-3-4-5-6-7-8-9-10-11-12(2)13/h3-4,12H,5-11H2,1-2H3. The second-order valence-electron chi connectivity index (χ2n) is 3.69. The average Bonchev–Trinajstić information content (AvgIpc) is 2.09. The third kappa shape index (κ3) is 12.0. The van der Waals surface area contributed by atoms with Gasteiger partial charge in [0.1, 0.15) is 0 Å². The van der Waals surface area contributed by atoms with Crippen LogP contribution in [-0.4, -0.2) is 5.38 Å².